The smallest absolute Gasteiger partial charge is 0.240 e. The number of carbonyl (C=O) groups is 2. The third-order valence-corrected chi connectivity index (χ3v) is 5.61. The van der Waals surface area contributed by atoms with Crippen molar-refractivity contribution < 1.29 is 18.7 Å². The molecule has 1 amide bonds. The largest absolute Gasteiger partial charge is 0.497 e. The maximum absolute atomic E-state index is 13.4. The molecule has 3 rings (SSSR count). The van der Waals surface area contributed by atoms with Crippen molar-refractivity contribution in [2.75, 3.05) is 12.0 Å². The number of primary amides is 1. The van der Waals surface area contributed by atoms with Gasteiger partial charge >= 0.3 is 0 Å². The first-order valence-corrected chi connectivity index (χ1v) is 9.63. The summed E-state index contributed by atoms with van der Waals surface area (Å²) in [6.45, 7) is 3.36. The molecule has 1 aromatic heterocycles. The van der Waals surface area contributed by atoms with Crippen LogP contribution in [0.4, 0.5) is 15.2 Å². The molecule has 2 aromatic carbocycles. The fourth-order valence-corrected chi connectivity index (χ4v) is 3.93. The Hall–Kier alpha value is -3.26. The van der Waals surface area contributed by atoms with E-state index in [0.717, 1.165) is 11.3 Å². The number of ether oxygens (including phenoxy) is 1. The Morgan fingerprint density at radius 2 is 1.76 bits per heavy atom. The summed E-state index contributed by atoms with van der Waals surface area (Å²) in [4.78, 5) is 31.4. The third-order valence-electron chi connectivity index (χ3n) is 4.45. The summed E-state index contributed by atoms with van der Waals surface area (Å²) in [6.07, 6.45) is 0. The Balaban J connectivity index is 2.01. The highest BCUT2D eigenvalue weighted by atomic mass is 32.1. The maximum Gasteiger partial charge on any atom is 0.240 e. The number of carbonyl (C=O) groups excluding carboxylic acids is 2. The molecule has 0 aliphatic rings. The van der Waals surface area contributed by atoms with E-state index in [9.17, 15) is 14.0 Å². The highest BCUT2D eigenvalue weighted by molar-refractivity contribution is 7.18. The zero-order valence-corrected chi connectivity index (χ0v) is 17.0. The number of amides is 1. The molecule has 0 saturated heterocycles. The molecule has 0 unspecified atom stereocenters. The highest BCUT2D eigenvalue weighted by Gasteiger charge is 2.27. The zero-order valence-electron chi connectivity index (χ0n) is 16.2. The second-order valence-corrected chi connectivity index (χ2v) is 7.37. The van der Waals surface area contributed by atoms with E-state index >= 15 is 0 Å². The number of aromatic nitrogens is 1. The van der Waals surface area contributed by atoms with Gasteiger partial charge in [-0.05, 0) is 62.4 Å². The van der Waals surface area contributed by atoms with Gasteiger partial charge in [0.25, 0.3) is 0 Å². The van der Waals surface area contributed by atoms with Gasteiger partial charge in [0.1, 0.15) is 17.6 Å². The number of ketones is 1. The molecule has 1 heterocycles. The predicted octanol–water partition coefficient (Wildman–Crippen LogP) is 3.84. The number of anilines is 2. The van der Waals surface area contributed by atoms with E-state index in [-0.39, 0.29) is 5.78 Å². The molecule has 0 aliphatic heterocycles. The van der Waals surface area contributed by atoms with Gasteiger partial charge < -0.3 is 15.4 Å². The summed E-state index contributed by atoms with van der Waals surface area (Å²) in [5, 5.41) is 0.428. The van der Waals surface area contributed by atoms with Crippen LogP contribution in [0.5, 0.6) is 5.75 Å². The summed E-state index contributed by atoms with van der Waals surface area (Å²) in [6, 6.07) is 11.7. The molecular weight excluding hydrogens is 393 g/mol. The van der Waals surface area contributed by atoms with E-state index in [1.807, 2.05) is 0 Å². The Labute approximate surface area is 171 Å². The first kappa shape index (κ1) is 20.5. The summed E-state index contributed by atoms with van der Waals surface area (Å²) in [7, 11) is 1.56. The van der Waals surface area contributed by atoms with Crippen molar-refractivity contribution in [3.63, 3.8) is 0 Å². The van der Waals surface area contributed by atoms with Crippen LogP contribution in [0, 0.1) is 12.7 Å². The molecule has 0 bridgehead atoms. The zero-order chi connectivity index (χ0) is 21.1. The van der Waals surface area contributed by atoms with Crippen molar-refractivity contribution in [1.29, 1.82) is 0 Å². The van der Waals surface area contributed by atoms with Crippen molar-refractivity contribution in [3.8, 4) is 5.75 Å². The van der Waals surface area contributed by atoms with Crippen molar-refractivity contribution in [2.45, 2.75) is 19.9 Å². The minimum atomic E-state index is -0.741. The lowest BCUT2D eigenvalue weighted by Gasteiger charge is -2.26. The van der Waals surface area contributed by atoms with Gasteiger partial charge in [-0.25, -0.2) is 9.37 Å². The maximum atomic E-state index is 13.4. The van der Waals surface area contributed by atoms with Crippen LogP contribution in [-0.4, -0.2) is 29.8 Å². The van der Waals surface area contributed by atoms with E-state index in [2.05, 4.69) is 4.98 Å². The van der Waals surface area contributed by atoms with E-state index < -0.39 is 17.8 Å². The number of nitrogens with zero attached hydrogens (tertiary/aromatic N) is 2. The molecule has 8 heteroatoms. The number of benzene rings is 2. The minimum Gasteiger partial charge on any atom is -0.497 e. The van der Waals surface area contributed by atoms with Crippen LogP contribution < -0.4 is 15.4 Å². The van der Waals surface area contributed by atoms with E-state index in [4.69, 9.17) is 10.5 Å². The third kappa shape index (κ3) is 4.27. The Morgan fingerprint density at radius 1 is 1.14 bits per heavy atom. The second-order valence-electron chi connectivity index (χ2n) is 6.39. The number of hydrogen-bond acceptors (Lipinski definition) is 6. The van der Waals surface area contributed by atoms with Gasteiger partial charge in [0, 0.05) is 11.3 Å². The van der Waals surface area contributed by atoms with E-state index in [1.165, 1.54) is 24.3 Å². The molecule has 150 valence electrons. The monoisotopic (exact) mass is 413 g/mol. The molecule has 0 fully saturated rings. The normalized spacial score (nSPS) is 11.7. The van der Waals surface area contributed by atoms with Gasteiger partial charge in [-0.3, -0.25) is 9.59 Å². The van der Waals surface area contributed by atoms with Gasteiger partial charge in [0.05, 0.1) is 17.7 Å². The lowest BCUT2D eigenvalue weighted by atomic mass is 10.1. The van der Waals surface area contributed by atoms with Crippen molar-refractivity contribution in [2.24, 2.45) is 5.73 Å². The minimum absolute atomic E-state index is 0.181. The molecule has 6 nitrogen and oxygen atoms in total. The van der Waals surface area contributed by atoms with Crippen LogP contribution in [0.2, 0.25) is 0 Å². The average molecular weight is 413 g/mol. The number of halogens is 1. The fraction of sp³-hybridized carbons (Fsp3) is 0.190. The molecule has 3 aromatic rings. The summed E-state index contributed by atoms with van der Waals surface area (Å²) < 4.78 is 18.5. The highest BCUT2D eigenvalue weighted by Crippen LogP contribution is 2.34. The summed E-state index contributed by atoms with van der Waals surface area (Å²) >= 11 is 1.16. The van der Waals surface area contributed by atoms with Crippen LogP contribution in [0.1, 0.15) is 27.9 Å². The van der Waals surface area contributed by atoms with Gasteiger partial charge in [-0.15, -0.1) is 0 Å². The second kappa shape index (κ2) is 8.40. The molecule has 0 saturated carbocycles. The van der Waals surface area contributed by atoms with Gasteiger partial charge in [0.15, 0.2) is 5.13 Å². The van der Waals surface area contributed by atoms with Crippen LogP contribution in [0.15, 0.2) is 48.5 Å². The number of nitrogens with two attached hydrogens (primary N) is 1. The SMILES string of the molecule is COc1ccc(C(=O)c2sc(N(c3ccc(F)cc3)[C@@H](C)C(N)=O)nc2C)cc1. The quantitative estimate of drug-likeness (QED) is 0.595. The van der Waals surface area contributed by atoms with Crippen LogP contribution in [-0.2, 0) is 4.79 Å². The molecule has 29 heavy (non-hydrogen) atoms. The fourth-order valence-electron chi connectivity index (χ4n) is 2.80. The first-order valence-electron chi connectivity index (χ1n) is 8.82. The number of hydrogen-bond donors (Lipinski definition) is 1. The predicted molar refractivity (Wildman–Crippen MR) is 110 cm³/mol. The summed E-state index contributed by atoms with van der Waals surface area (Å²) in [5.41, 5.74) is 7.10. The van der Waals surface area contributed by atoms with Crippen molar-refractivity contribution >= 4 is 33.8 Å². The topological polar surface area (TPSA) is 85.5 Å². The van der Waals surface area contributed by atoms with Gasteiger partial charge in [-0.1, -0.05) is 11.3 Å². The Morgan fingerprint density at radius 3 is 2.31 bits per heavy atom. The number of aryl methyl sites for hydroxylation is 1. The number of thiazole rings is 1. The number of rotatable bonds is 7. The Kier molecular flexibility index (Phi) is 5.93. The van der Waals surface area contributed by atoms with Crippen molar-refractivity contribution in [1.82, 2.24) is 4.98 Å². The molecule has 0 radical (unpaired) electrons. The molecule has 0 spiro atoms. The standard InChI is InChI=1S/C21H20FN3O3S/c1-12-19(18(26)14-4-10-17(28-3)11-5-14)29-21(24-12)25(13(2)20(23)27)16-8-6-15(22)7-9-16/h4-11,13H,1-3H3,(H2,23,27)/t13-/m0/s1. The van der Waals surface area contributed by atoms with Crippen LogP contribution in [0.3, 0.4) is 0 Å². The average Bonchev–Trinajstić information content (AvgIpc) is 3.10. The van der Waals surface area contributed by atoms with E-state index in [1.54, 1.807) is 50.1 Å². The van der Waals surface area contributed by atoms with Crippen molar-refractivity contribution in [3.05, 3.63) is 70.5 Å². The summed E-state index contributed by atoms with van der Waals surface area (Å²) in [5.74, 6) is -0.489. The molecule has 0 aliphatic carbocycles. The van der Waals surface area contributed by atoms with E-state index in [0.29, 0.717) is 32.7 Å². The van der Waals surface area contributed by atoms with Gasteiger partial charge in [-0.2, -0.15) is 0 Å². The molecule has 1 atom stereocenters. The lowest BCUT2D eigenvalue weighted by molar-refractivity contribution is -0.118. The molecule has 2 N–H and O–H groups in total. The van der Waals surface area contributed by atoms with Crippen LogP contribution in [0.25, 0.3) is 0 Å². The Bertz CT molecular complexity index is 1030. The van der Waals surface area contributed by atoms with Gasteiger partial charge in [0.2, 0.25) is 11.7 Å². The van der Waals surface area contributed by atoms with Crippen LogP contribution >= 0.6 is 11.3 Å². The lowest BCUT2D eigenvalue weighted by Crippen LogP contribution is -2.39. The first-order chi connectivity index (χ1) is 13.8. The molecular formula is C21H20FN3O3S. The number of methoxy groups -OCH3 is 1.